The zero-order valence-corrected chi connectivity index (χ0v) is 44.9. The van der Waals surface area contributed by atoms with Gasteiger partial charge in [-0.05, 0) is 32.1 Å². The molecule has 0 aliphatic heterocycles. The molecule has 0 saturated carbocycles. The summed E-state index contributed by atoms with van der Waals surface area (Å²) in [5.74, 6) is -0.506. The Labute approximate surface area is 413 Å². The van der Waals surface area contributed by atoms with Gasteiger partial charge < -0.3 is 20.6 Å². The number of carbonyl (C=O) groups is 1. The van der Waals surface area contributed by atoms with Gasteiger partial charge in [-0.25, -0.2) is 0 Å². The summed E-state index contributed by atoms with van der Waals surface area (Å²) in [5, 5.41) is 33.3. The van der Waals surface area contributed by atoms with Crippen LogP contribution in [0.5, 0.6) is 0 Å². The number of unbranched alkanes of at least 4 members (excludes halogenated alkanes) is 46. The van der Waals surface area contributed by atoms with Crippen LogP contribution in [0, 0.1) is 0 Å². The predicted molar refractivity (Wildman–Crippen MR) is 292 cm³/mol. The van der Waals surface area contributed by atoms with E-state index >= 15 is 0 Å². The molecule has 0 aromatic heterocycles. The second-order valence-electron chi connectivity index (χ2n) is 20.9. The molecule has 3 unspecified atom stereocenters. The lowest BCUT2D eigenvalue weighted by molar-refractivity contribution is -0.131. The number of aliphatic hydroxyl groups excluding tert-OH is 3. The van der Waals surface area contributed by atoms with Gasteiger partial charge in [0.25, 0.3) is 0 Å². The minimum absolute atomic E-state index is 0.372. The van der Waals surface area contributed by atoms with Crippen molar-refractivity contribution in [2.24, 2.45) is 0 Å². The third kappa shape index (κ3) is 50.7. The maximum atomic E-state index is 12.6. The summed E-state index contributed by atoms with van der Waals surface area (Å²) in [7, 11) is 0. The van der Waals surface area contributed by atoms with E-state index in [2.05, 4.69) is 31.3 Å². The van der Waals surface area contributed by atoms with Crippen molar-refractivity contribution in [1.82, 2.24) is 5.32 Å². The van der Waals surface area contributed by atoms with Crippen molar-refractivity contribution in [2.75, 3.05) is 6.61 Å². The van der Waals surface area contributed by atoms with Crippen molar-refractivity contribution < 1.29 is 20.1 Å². The quantitative estimate of drug-likeness (QED) is 0.0361. The van der Waals surface area contributed by atoms with Crippen LogP contribution in [0.3, 0.4) is 0 Å². The van der Waals surface area contributed by atoms with Crippen LogP contribution in [0.25, 0.3) is 0 Å². The van der Waals surface area contributed by atoms with E-state index in [0.717, 1.165) is 38.5 Å². The molecule has 0 aromatic carbocycles. The highest BCUT2D eigenvalue weighted by molar-refractivity contribution is 5.80. The fourth-order valence-electron chi connectivity index (χ4n) is 9.62. The van der Waals surface area contributed by atoms with Gasteiger partial charge in [0.15, 0.2) is 0 Å². The standard InChI is InChI=1S/C61H119NO4/c1-3-5-7-9-11-13-15-17-19-21-23-24-25-26-27-28-29-30-31-32-33-34-35-36-37-38-40-42-44-46-48-50-52-54-56-60(65)61(66)62-58(57-63)59(64)55-53-51-49-47-45-43-41-39-22-20-18-16-14-12-10-8-6-4-2/h45,47,53,55,58-60,63-65H,3-44,46,48-52,54,56-57H2,1-2H3,(H,62,66)/b47-45+,55-53+. The first kappa shape index (κ1) is 64.8. The van der Waals surface area contributed by atoms with Gasteiger partial charge in [-0.1, -0.05) is 327 Å². The average Bonchev–Trinajstić information content (AvgIpc) is 3.32. The van der Waals surface area contributed by atoms with Crippen LogP contribution >= 0.6 is 0 Å². The molecule has 0 spiro atoms. The Hall–Kier alpha value is -1.17. The number of aliphatic hydroxyl groups is 3. The van der Waals surface area contributed by atoms with Crippen LogP contribution in [0.2, 0.25) is 0 Å². The first-order chi connectivity index (χ1) is 32.6. The number of rotatable bonds is 56. The molecule has 0 saturated heterocycles. The normalized spacial score (nSPS) is 13.3. The van der Waals surface area contributed by atoms with Gasteiger partial charge in [-0.15, -0.1) is 0 Å². The first-order valence-corrected chi connectivity index (χ1v) is 30.2. The van der Waals surface area contributed by atoms with Crippen molar-refractivity contribution in [2.45, 2.75) is 353 Å². The lowest BCUT2D eigenvalue weighted by atomic mass is 10.0. The van der Waals surface area contributed by atoms with E-state index in [4.69, 9.17) is 0 Å². The monoisotopic (exact) mass is 930 g/mol. The second-order valence-corrected chi connectivity index (χ2v) is 20.9. The molecular formula is C61H119NO4. The maximum absolute atomic E-state index is 12.6. The molecule has 4 N–H and O–H groups in total. The Morgan fingerprint density at radius 1 is 0.364 bits per heavy atom. The molecule has 0 rings (SSSR count). The SMILES string of the molecule is CCCCCCCCCCCCCC/C=C/CC/C=C/C(O)C(CO)NC(=O)C(O)CCCCCCCCCCCCCCCCCCCCCCCCCCCCCCCCCCCC. The van der Waals surface area contributed by atoms with Gasteiger partial charge >= 0.3 is 0 Å². The van der Waals surface area contributed by atoms with Crippen molar-refractivity contribution in [1.29, 1.82) is 0 Å². The lowest BCUT2D eigenvalue weighted by Crippen LogP contribution is -2.48. The molecule has 0 fully saturated rings. The number of nitrogens with one attached hydrogen (secondary N) is 1. The summed E-state index contributed by atoms with van der Waals surface area (Å²) in [6, 6.07) is -0.812. The van der Waals surface area contributed by atoms with E-state index in [1.54, 1.807) is 6.08 Å². The number of amides is 1. The number of hydrogen-bond donors (Lipinski definition) is 4. The van der Waals surface area contributed by atoms with Crippen LogP contribution in [-0.2, 0) is 4.79 Å². The molecule has 66 heavy (non-hydrogen) atoms. The molecule has 0 aliphatic carbocycles. The molecular weight excluding hydrogens is 811 g/mol. The highest BCUT2D eigenvalue weighted by Crippen LogP contribution is 2.18. The van der Waals surface area contributed by atoms with Crippen LogP contribution in [0.1, 0.15) is 335 Å². The molecule has 0 bridgehead atoms. The molecule has 5 nitrogen and oxygen atoms in total. The number of hydrogen-bond acceptors (Lipinski definition) is 4. The van der Waals surface area contributed by atoms with E-state index in [9.17, 15) is 20.1 Å². The van der Waals surface area contributed by atoms with E-state index in [1.165, 1.54) is 276 Å². The van der Waals surface area contributed by atoms with Gasteiger partial charge in [-0.3, -0.25) is 4.79 Å². The Bertz CT molecular complexity index is 982. The zero-order valence-electron chi connectivity index (χ0n) is 44.9. The fourth-order valence-corrected chi connectivity index (χ4v) is 9.62. The van der Waals surface area contributed by atoms with Gasteiger partial charge in [0.1, 0.15) is 6.10 Å². The summed E-state index contributed by atoms with van der Waals surface area (Å²) in [4.78, 5) is 12.6. The van der Waals surface area contributed by atoms with E-state index in [0.29, 0.717) is 6.42 Å². The smallest absolute Gasteiger partial charge is 0.249 e. The maximum Gasteiger partial charge on any atom is 0.249 e. The molecule has 0 heterocycles. The third-order valence-corrected chi connectivity index (χ3v) is 14.3. The summed E-state index contributed by atoms with van der Waals surface area (Å²) in [6.07, 6.45) is 72.9. The van der Waals surface area contributed by atoms with Crippen molar-refractivity contribution in [3.63, 3.8) is 0 Å². The first-order valence-electron chi connectivity index (χ1n) is 30.2. The Balaban J connectivity index is 3.49. The number of carbonyl (C=O) groups excluding carboxylic acids is 1. The van der Waals surface area contributed by atoms with Gasteiger partial charge in [0.2, 0.25) is 5.91 Å². The van der Waals surface area contributed by atoms with Gasteiger partial charge in [0.05, 0.1) is 18.8 Å². The predicted octanol–water partition coefficient (Wildman–Crippen LogP) is 18.8. The van der Waals surface area contributed by atoms with Crippen LogP contribution < -0.4 is 5.32 Å². The summed E-state index contributed by atoms with van der Waals surface area (Å²) >= 11 is 0. The molecule has 0 radical (unpaired) electrons. The minimum Gasteiger partial charge on any atom is -0.394 e. The average molecular weight is 931 g/mol. The summed E-state index contributed by atoms with van der Waals surface area (Å²) < 4.78 is 0. The Morgan fingerprint density at radius 2 is 0.621 bits per heavy atom. The van der Waals surface area contributed by atoms with E-state index in [-0.39, 0.29) is 6.61 Å². The summed E-state index contributed by atoms with van der Waals surface area (Å²) in [6.45, 7) is 4.21. The largest absolute Gasteiger partial charge is 0.394 e. The molecule has 392 valence electrons. The zero-order chi connectivity index (χ0) is 47.9. The number of allylic oxidation sites excluding steroid dienone is 3. The minimum atomic E-state index is -1.10. The van der Waals surface area contributed by atoms with E-state index < -0.39 is 24.2 Å². The van der Waals surface area contributed by atoms with Crippen LogP contribution in [0.4, 0.5) is 0 Å². The van der Waals surface area contributed by atoms with Crippen molar-refractivity contribution >= 4 is 5.91 Å². The van der Waals surface area contributed by atoms with Crippen LogP contribution in [0.15, 0.2) is 24.3 Å². The van der Waals surface area contributed by atoms with Gasteiger partial charge in [0, 0.05) is 0 Å². The lowest BCUT2D eigenvalue weighted by Gasteiger charge is -2.21. The van der Waals surface area contributed by atoms with Crippen molar-refractivity contribution in [3.8, 4) is 0 Å². The molecule has 1 amide bonds. The highest BCUT2D eigenvalue weighted by Gasteiger charge is 2.22. The van der Waals surface area contributed by atoms with Crippen LogP contribution in [-0.4, -0.2) is 46.1 Å². The van der Waals surface area contributed by atoms with Gasteiger partial charge in [-0.2, -0.15) is 0 Å². The Kier molecular flexibility index (Phi) is 55.4. The topological polar surface area (TPSA) is 89.8 Å². The van der Waals surface area contributed by atoms with E-state index in [1.807, 2.05) is 6.08 Å². The third-order valence-electron chi connectivity index (χ3n) is 14.3. The summed E-state index contributed by atoms with van der Waals surface area (Å²) in [5.41, 5.74) is 0. The molecule has 0 aromatic rings. The Morgan fingerprint density at radius 3 is 0.924 bits per heavy atom. The fraction of sp³-hybridized carbons (Fsp3) is 0.918. The molecule has 0 aliphatic rings. The molecule has 5 heteroatoms. The second kappa shape index (κ2) is 56.4. The highest BCUT2D eigenvalue weighted by atomic mass is 16.3. The van der Waals surface area contributed by atoms with Crippen molar-refractivity contribution in [3.05, 3.63) is 24.3 Å². The molecule has 3 atom stereocenters.